The molecule has 5 heteroatoms. The molecule has 2 N–H and O–H groups in total. The Morgan fingerprint density at radius 1 is 1.00 bits per heavy atom. The minimum absolute atomic E-state index is 0.142. The zero-order valence-corrected chi connectivity index (χ0v) is 14.8. The molecule has 1 aliphatic carbocycles. The molecule has 1 aliphatic heterocycles. The number of rotatable bonds is 2. The number of ether oxygens (including phenoxy) is 2. The summed E-state index contributed by atoms with van der Waals surface area (Å²) in [7, 11) is 5.27. The first-order chi connectivity index (χ1) is 12.0. The van der Waals surface area contributed by atoms with E-state index in [-0.39, 0.29) is 17.5 Å². The van der Waals surface area contributed by atoms with Gasteiger partial charge in [-0.25, -0.2) is 0 Å². The molecule has 4 rings (SSSR count). The maximum atomic E-state index is 10.5. The number of methoxy groups -OCH3 is 2. The largest absolute Gasteiger partial charge is 0.504 e. The van der Waals surface area contributed by atoms with Crippen LogP contribution in [0.15, 0.2) is 18.2 Å². The molecule has 0 bridgehead atoms. The molecule has 2 aromatic rings. The third-order valence-corrected chi connectivity index (χ3v) is 5.55. The minimum Gasteiger partial charge on any atom is -0.504 e. The lowest BCUT2D eigenvalue weighted by Gasteiger charge is -2.35. The number of hydrogen-bond acceptors (Lipinski definition) is 5. The van der Waals surface area contributed by atoms with Crippen LogP contribution in [-0.4, -0.2) is 42.9 Å². The first-order valence-electron chi connectivity index (χ1n) is 8.58. The average Bonchev–Trinajstić information content (AvgIpc) is 2.76. The van der Waals surface area contributed by atoms with Crippen molar-refractivity contribution in [3.8, 4) is 34.1 Å². The van der Waals surface area contributed by atoms with E-state index in [1.807, 2.05) is 12.1 Å². The summed E-state index contributed by atoms with van der Waals surface area (Å²) in [6.07, 6.45) is 2.71. The molecule has 1 atom stereocenters. The smallest absolute Gasteiger partial charge is 0.168 e. The number of phenolic OH excluding ortho intramolecular Hbond substituents is 2. The maximum absolute atomic E-state index is 10.5. The number of fused-ring (bicyclic) bond motifs is 2. The molecule has 1 unspecified atom stereocenters. The van der Waals surface area contributed by atoms with Gasteiger partial charge in [0, 0.05) is 18.2 Å². The van der Waals surface area contributed by atoms with Gasteiger partial charge in [0.1, 0.15) is 0 Å². The van der Waals surface area contributed by atoms with Crippen LogP contribution in [-0.2, 0) is 12.8 Å². The highest BCUT2D eigenvalue weighted by molar-refractivity contribution is 5.83. The van der Waals surface area contributed by atoms with Gasteiger partial charge in [0.05, 0.1) is 14.2 Å². The molecule has 5 nitrogen and oxygen atoms in total. The zero-order chi connectivity index (χ0) is 17.7. The molecule has 0 saturated carbocycles. The van der Waals surface area contributed by atoms with Crippen LogP contribution in [0, 0.1) is 0 Å². The number of nitrogens with zero attached hydrogens (tertiary/aromatic N) is 1. The number of hydrogen-bond donors (Lipinski definition) is 2. The third kappa shape index (κ3) is 2.34. The normalized spacial score (nSPS) is 18.9. The van der Waals surface area contributed by atoms with Crippen molar-refractivity contribution in [2.45, 2.75) is 25.3 Å². The van der Waals surface area contributed by atoms with Crippen molar-refractivity contribution >= 4 is 0 Å². The van der Waals surface area contributed by atoms with Gasteiger partial charge in [-0.1, -0.05) is 0 Å². The second kappa shape index (κ2) is 5.85. The zero-order valence-electron chi connectivity index (χ0n) is 14.8. The van der Waals surface area contributed by atoms with E-state index in [9.17, 15) is 10.2 Å². The van der Waals surface area contributed by atoms with Crippen LogP contribution in [0.5, 0.6) is 23.0 Å². The summed E-state index contributed by atoms with van der Waals surface area (Å²) in [5, 5.41) is 20.7. The van der Waals surface area contributed by atoms with Crippen LogP contribution < -0.4 is 9.47 Å². The Morgan fingerprint density at radius 2 is 1.76 bits per heavy atom. The monoisotopic (exact) mass is 341 g/mol. The molecular formula is C20H23NO4. The molecule has 132 valence electrons. The van der Waals surface area contributed by atoms with E-state index in [4.69, 9.17) is 9.47 Å². The Bertz CT molecular complexity index is 846. The summed E-state index contributed by atoms with van der Waals surface area (Å²) in [4.78, 5) is 2.37. The summed E-state index contributed by atoms with van der Waals surface area (Å²) in [5.74, 6) is 1.23. The van der Waals surface area contributed by atoms with Gasteiger partial charge < -0.3 is 19.7 Å². The number of benzene rings is 2. The minimum atomic E-state index is 0.142. The third-order valence-electron chi connectivity index (χ3n) is 5.55. The Labute approximate surface area is 147 Å². The van der Waals surface area contributed by atoms with Crippen molar-refractivity contribution in [2.75, 3.05) is 27.8 Å². The topological polar surface area (TPSA) is 62.2 Å². The van der Waals surface area contributed by atoms with Crippen molar-refractivity contribution in [2.24, 2.45) is 0 Å². The highest BCUT2D eigenvalue weighted by Crippen LogP contribution is 2.52. The van der Waals surface area contributed by atoms with E-state index in [1.165, 1.54) is 11.1 Å². The highest BCUT2D eigenvalue weighted by atomic mass is 16.5. The summed E-state index contributed by atoms with van der Waals surface area (Å²) >= 11 is 0. The van der Waals surface area contributed by atoms with Crippen molar-refractivity contribution < 1.29 is 19.7 Å². The maximum Gasteiger partial charge on any atom is 0.168 e. The summed E-state index contributed by atoms with van der Waals surface area (Å²) in [6, 6.07) is 5.76. The van der Waals surface area contributed by atoms with Gasteiger partial charge in [-0.3, -0.25) is 4.90 Å². The van der Waals surface area contributed by atoms with Crippen molar-refractivity contribution in [3.63, 3.8) is 0 Å². The van der Waals surface area contributed by atoms with Crippen LogP contribution in [0.1, 0.15) is 29.2 Å². The number of aromatic hydroxyl groups is 2. The molecule has 0 fully saturated rings. The fourth-order valence-corrected chi connectivity index (χ4v) is 4.33. The Hall–Kier alpha value is -2.40. The summed E-state index contributed by atoms with van der Waals surface area (Å²) in [6.45, 7) is 0.966. The fraction of sp³-hybridized carbons (Fsp3) is 0.400. The molecule has 0 radical (unpaired) electrons. The molecule has 0 amide bonds. The fourth-order valence-electron chi connectivity index (χ4n) is 4.33. The lowest BCUT2D eigenvalue weighted by molar-refractivity contribution is 0.220. The molecule has 1 heterocycles. The lowest BCUT2D eigenvalue weighted by atomic mass is 9.85. The van der Waals surface area contributed by atoms with Gasteiger partial charge in [0.15, 0.2) is 23.0 Å². The molecule has 0 saturated heterocycles. The first-order valence-corrected chi connectivity index (χ1v) is 8.58. The van der Waals surface area contributed by atoms with E-state index in [1.54, 1.807) is 20.3 Å². The van der Waals surface area contributed by atoms with Crippen molar-refractivity contribution in [3.05, 3.63) is 34.9 Å². The molecule has 2 aromatic carbocycles. The average molecular weight is 341 g/mol. The van der Waals surface area contributed by atoms with Gasteiger partial charge in [-0.2, -0.15) is 0 Å². The lowest BCUT2D eigenvalue weighted by Crippen LogP contribution is -2.32. The standard InChI is InChI=1S/C20H23NO4/c1-21-7-6-12-9-16(23)20(25-3)19-13-10-17(24-2)15(22)8-11(13)4-5-14(21)18(12)19/h8-10,14,22-23H,4-7H2,1-3H3. The van der Waals surface area contributed by atoms with Crippen molar-refractivity contribution in [1.29, 1.82) is 0 Å². The molecular weight excluding hydrogens is 318 g/mol. The molecule has 2 aliphatic rings. The second-order valence-electron chi connectivity index (χ2n) is 6.84. The highest BCUT2D eigenvalue weighted by Gasteiger charge is 2.34. The number of phenols is 2. The van der Waals surface area contributed by atoms with Crippen LogP contribution in [0.4, 0.5) is 0 Å². The Kier molecular flexibility index (Phi) is 3.76. The molecule has 0 spiro atoms. The van der Waals surface area contributed by atoms with E-state index in [2.05, 4.69) is 11.9 Å². The van der Waals surface area contributed by atoms with Crippen LogP contribution in [0.3, 0.4) is 0 Å². The van der Waals surface area contributed by atoms with Gasteiger partial charge in [-0.15, -0.1) is 0 Å². The van der Waals surface area contributed by atoms with Crippen LogP contribution >= 0.6 is 0 Å². The molecule has 25 heavy (non-hydrogen) atoms. The van der Waals surface area contributed by atoms with E-state index >= 15 is 0 Å². The molecule has 0 aromatic heterocycles. The van der Waals surface area contributed by atoms with Gasteiger partial charge in [0.2, 0.25) is 0 Å². The van der Waals surface area contributed by atoms with Crippen LogP contribution in [0.2, 0.25) is 0 Å². The number of aryl methyl sites for hydroxylation is 1. The van der Waals surface area contributed by atoms with E-state index in [0.29, 0.717) is 11.5 Å². The van der Waals surface area contributed by atoms with Crippen LogP contribution in [0.25, 0.3) is 11.1 Å². The van der Waals surface area contributed by atoms with Crippen molar-refractivity contribution in [1.82, 2.24) is 4.90 Å². The second-order valence-corrected chi connectivity index (χ2v) is 6.84. The number of likely N-dealkylation sites (N-methyl/N-ethyl adjacent to an activating group) is 1. The van der Waals surface area contributed by atoms with Gasteiger partial charge in [-0.05, 0) is 66.8 Å². The SMILES string of the molecule is COc1cc2c(cc1O)CCC1c3c(cc(O)c(OC)c3-2)CCN1C. The predicted molar refractivity (Wildman–Crippen MR) is 95.7 cm³/mol. The first kappa shape index (κ1) is 16.1. The quantitative estimate of drug-likeness (QED) is 0.878. The summed E-state index contributed by atoms with van der Waals surface area (Å²) in [5.41, 5.74) is 5.36. The Balaban J connectivity index is 2.09. The van der Waals surface area contributed by atoms with E-state index < -0.39 is 0 Å². The van der Waals surface area contributed by atoms with E-state index in [0.717, 1.165) is 42.5 Å². The van der Waals surface area contributed by atoms with Gasteiger partial charge >= 0.3 is 0 Å². The Morgan fingerprint density at radius 3 is 2.48 bits per heavy atom. The summed E-state index contributed by atoms with van der Waals surface area (Å²) < 4.78 is 10.9. The van der Waals surface area contributed by atoms with Gasteiger partial charge in [0.25, 0.3) is 0 Å². The predicted octanol–water partition coefficient (Wildman–Crippen LogP) is 3.26.